The number of nitrogens with zero attached hydrogens (tertiary/aromatic N) is 4. The Hall–Kier alpha value is -2.38. The van der Waals surface area contributed by atoms with E-state index < -0.39 is 0 Å². The number of pyridine rings is 1. The normalized spacial score (nSPS) is 16.8. The van der Waals surface area contributed by atoms with E-state index in [4.69, 9.17) is 0 Å². The third-order valence-corrected chi connectivity index (χ3v) is 5.79. The third-order valence-electron chi connectivity index (χ3n) is 4.85. The Kier molecular flexibility index (Phi) is 4.65. The van der Waals surface area contributed by atoms with E-state index in [-0.39, 0.29) is 17.8 Å². The minimum atomic E-state index is -0.325. The lowest BCUT2D eigenvalue weighted by molar-refractivity contribution is 0.0581. The maximum absolute atomic E-state index is 13.4. The number of hydrogen-bond acceptors (Lipinski definition) is 5. The second-order valence-electron chi connectivity index (χ2n) is 6.44. The molecule has 4 rings (SSSR count). The van der Waals surface area contributed by atoms with E-state index in [1.165, 1.54) is 12.1 Å². The van der Waals surface area contributed by atoms with Crippen LogP contribution in [0.5, 0.6) is 0 Å². The van der Waals surface area contributed by atoms with E-state index in [2.05, 4.69) is 21.8 Å². The molecule has 0 unspecified atom stereocenters. The summed E-state index contributed by atoms with van der Waals surface area (Å²) in [4.78, 5) is 25.7. The number of carbonyl (C=O) groups is 1. The number of thiazole rings is 1. The number of hydrogen-bond donors (Lipinski definition) is 0. The molecular formula is C19H19FN4OS. The lowest BCUT2D eigenvalue weighted by Crippen LogP contribution is -2.49. The van der Waals surface area contributed by atoms with Crippen LogP contribution >= 0.6 is 11.3 Å². The summed E-state index contributed by atoms with van der Waals surface area (Å²) in [7, 11) is 0. The molecule has 0 radical (unpaired) electrons. The summed E-state index contributed by atoms with van der Waals surface area (Å²) in [6.07, 6.45) is 3.40. The second kappa shape index (κ2) is 7.09. The van der Waals surface area contributed by atoms with Crippen molar-refractivity contribution in [2.45, 2.75) is 13.0 Å². The molecule has 2 aromatic heterocycles. The van der Waals surface area contributed by atoms with Crippen molar-refractivity contribution in [3.63, 3.8) is 0 Å². The van der Waals surface area contributed by atoms with Gasteiger partial charge in [-0.25, -0.2) is 9.37 Å². The lowest BCUT2D eigenvalue weighted by atomic mass is 10.1. The third kappa shape index (κ3) is 3.32. The maximum atomic E-state index is 13.4. The molecule has 1 amide bonds. The first-order chi connectivity index (χ1) is 12.6. The highest BCUT2D eigenvalue weighted by atomic mass is 32.1. The highest BCUT2D eigenvalue weighted by Crippen LogP contribution is 2.24. The molecule has 1 fully saturated rings. The Morgan fingerprint density at radius 2 is 2.00 bits per heavy atom. The summed E-state index contributed by atoms with van der Waals surface area (Å²) in [5.74, 6) is -0.376. The van der Waals surface area contributed by atoms with E-state index in [0.717, 1.165) is 18.1 Å². The number of carbonyl (C=O) groups excluding carboxylic acids is 1. The second-order valence-corrected chi connectivity index (χ2v) is 7.36. The van der Waals surface area contributed by atoms with Gasteiger partial charge in [-0.15, -0.1) is 11.3 Å². The minimum Gasteiger partial charge on any atom is -0.336 e. The van der Waals surface area contributed by atoms with Crippen LogP contribution in [0.1, 0.15) is 28.3 Å². The quantitative estimate of drug-likeness (QED) is 0.709. The van der Waals surface area contributed by atoms with Gasteiger partial charge in [-0.1, -0.05) is 0 Å². The molecule has 1 aromatic carbocycles. The maximum Gasteiger partial charge on any atom is 0.255 e. The van der Waals surface area contributed by atoms with E-state index in [1.807, 2.05) is 16.5 Å². The summed E-state index contributed by atoms with van der Waals surface area (Å²) >= 11 is 1.66. The first kappa shape index (κ1) is 17.1. The number of halogens is 1. The van der Waals surface area contributed by atoms with Gasteiger partial charge in [0, 0.05) is 49.3 Å². The first-order valence-corrected chi connectivity index (χ1v) is 9.48. The molecule has 7 heteroatoms. The van der Waals surface area contributed by atoms with Crippen LogP contribution in [0.15, 0.2) is 42.0 Å². The average Bonchev–Trinajstić information content (AvgIpc) is 3.21. The van der Waals surface area contributed by atoms with Gasteiger partial charge in [-0.05, 0) is 31.2 Å². The molecule has 0 N–H and O–H groups in total. The van der Waals surface area contributed by atoms with Gasteiger partial charge in [0.1, 0.15) is 10.8 Å². The molecule has 0 saturated carbocycles. The first-order valence-electron chi connectivity index (χ1n) is 8.60. The van der Waals surface area contributed by atoms with Crippen LogP contribution < -0.4 is 0 Å². The fraction of sp³-hybridized carbons (Fsp3) is 0.316. The summed E-state index contributed by atoms with van der Waals surface area (Å²) < 4.78 is 13.4. The molecular weight excluding hydrogens is 351 g/mol. The molecule has 3 aromatic rings. The van der Waals surface area contributed by atoms with E-state index in [1.54, 1.807) is 29.7 Å². The Morgan fingerprint density at radius 1 is 1.19 bits per heavy atom. The molecule has 1 atom stereocenters. The molecule has 0 spiro atoms. The van der Waals surface area contributed by atoms with Gasteiger partial charge in [0.05, 0.1) is 17.1 Å². The van der Waals surface area contributed by atoms with E-state index >= 15 is 0 Å². The van der Waals surface area contributed by atoms with Crippen LogP contribution in [0.25, 0.3) is 10.9 Å². The molecule has 134 valence electrons. The highest BCUT2D eigenvalue weighted by Gasteiger charge is 2.26. The van der Waals surface area contributed by atoms with Crippen molar-refractivity contribution in [3.05, 3.63) is 58.4 Å². The van der Waals surface area contributed by atoms with E-state index in [0.29, 0.717) is 29.6 Å². The molecule has 5 nitrogen and oxygen atoms in total. The number of piperazine rings is 1. The molecule has 0 aliphatic carbocycles. The van der Waals surface area contributed by atoms with Gasteiger partial charge in [0.2, 0.25) is 0 Å². The average molecular weight is 370 g/mol. The Labute approximate surface area is 155 Å². The van der Waals surface area contributed by atoms with Gasteiger partial charge in [0.15, 0.2) is 0 Å². The number of rotatable bonds is 3. The summed E-state index contributed by atoms with van der Waals surface area (Å²) in [5, 5.41) is 3.73. The molecule has 1 aliphatic heterocycles. The van der Waals surface area contributed by atoms with Crippen molar-refractivity contribution < 1.29 is 9.18 Å². The summed E-state index contributed by atoms with van der Waals surface area (Å²) in [6, 6.07) is 6.39. The van der Waals surface area contributed by atoms with Gasteiger partial charge in [-0.3, -0.25) is 14.7 Å². The van der Waals surface area contributed by atoms with Crippen LogP contribution in [0, 0.1) is 5.82 Å². The number of benzene rings is 1. The standard InChI is InChI=1S/C19H19FN4OS/c1-13(18-21-4-9-26-18)23-5-7-24(8-6-23)19(25)15-10-14-11-16(20)2-3-17(14)22-12-15/h2-4,9-13H,5-8H2,1H3/t13-/m0/s1. The van der Waals surface area contributed by atoms with Crippen molar-refractivity contribution in [2.24, 2.45) is 0 Å². The van der Waals surface area contributed by atoms with Crippen LogP contribution in [-0.4, -0.2) is 51.9 Å². The lowest BCUT2D eigenvalue weighted by Gasteiger charge is -2.37. The van der Waals surface area contributed by atoms with Gasteiger partial charge < -0.3 is 4.90 Å². The fourth-order valence-electron chi connectivity index (χ4n) is 3.31. The predicted octanol–water partition coefficient (Wildman–Crippen LogP) is 3.35. The largest absolute Gasteiger partial charge is 0.336 e. The van der Waals surface area contributed by atoms with Gasteiger partial charge in [0.25, 0.3) is 5.91 Å². The minimum absolute atomic E-state index is 0.0507. The molecule has 3 heterocycles. The van der Waals surface area contributed by atoms with Crippen LogP contribution in [0.4, 0.5) is 4.39 Å². The van der Waals surface area contributed by atoms with Crippen molar-refractivity contribution in [1.82, 2.24) is 19.8 Å². The highest BCUT2D eigenvalue weighted by molar-refractivity contribution is 7.09. The van der Waals surface area contributed by atoms with Gasteiger partial charge >= 0.3 is 0 Å². The van der Waals surface area contributed by atoms with Crippen LogP contribution in [-0.2, 0) is 0 Å². The molecule has 0 bridgehead atoms. The monoisotopic (exact) mass is 370 g/mol. The number of amides is 1. The summed E-state index contributed by atoms with van der Waals surface area (Å²) in [5.41, 5.74) is 1.19. The van der Waals surface area contributed by atoms with Crippen LogP contribution in [0.3, 0.4) is 0 Å². The smallest absolute Gasteiger partial charge is 0.255 e. The number of aromatic nitrogens is 2. The zero-order chi connectivity index (χ0) is 18.1. The van der Waals surface area contributed by atoms with Crippen molar-refractivity contribution >= 4 is 28.1 Å². The van der Waals surface area contributed by atoms with Crippen molar-refractivity contribution in [1.29, 1.82) is 0 Å². The van der Waals surface area contributed by atoms with Crippen molar-refractivity contribution in [2.75, 3.05) is 26.2 Å². The molecule has 26 heavy (non-hydrogen) atoms. The van der Waals surface area contributed by atoms with Crippen molar-refractivity contribution in [3.8, 4) is 0 Å². The van der Waals surface area contributed by atoms with Gasteiger partial charge in [-0.2, -0.15) is 0 Å². The Balaban J connectivity index is 1.45. The summed E-state index contributed by atoms with van der Waals surface area (Å²) in [6.45, 7) is 5.09. The topological polar surface area (TPSA) is 49.3 Å². The predicted molar refractivity (Wildman–Crippen MR) is 99.7 cm³/mol. The zero-order valence-electron chi connectivity index (χ0n) is 14.4. The Bertz CT molecular complexity index is 922. The number of fused-ring (bicyclic) bond motifs is 1. The van der Waals surface area contributed by atoms with E-state index in [9.17, 15) is 9.18 Å². The SMILES string of the molecule is C[C@@H](c1nccs1)N1CCN(C(=O)c2cnc3ccc(F)cc3c2)CC1. The Morgan fingerprint density at radius 3 is 2.73 bits per heavy atom. The zero-order valence-corrected chi connectivity index (χ0v) is 15.2. The molecule has 1 saturated heterocycles. The molecule has 1 aliphatic rings. The fourth-order valence-corrected chi connectivity index (χ4v) is 4.04. The van der Waals surface area contributed by atoms with Crippen LogP contribution in [0.2, 0.25) is 0 Å².